The summed E-state index contributed by atoms with van der Waals surface area (Å²) in [4.78, 5) is 0. The number of methoxy groups -OCH3 is 1. The molecule has 0 radical (unpaired) electrons. The van der Waals surface area contributed by atoms with Crippen molar-refractivity contribution in [3.63, 3.8) is 0 Å². The summed E-state index contributed by atoms with van der Waals surface area (Å²) < 4.78 is 13.0. The predicted octanol–water partition coefficient (Wildman–Crippen LogP) is 7.25. The Balaban J connectivity index is 2.10. The number of ether oxygens (including phenoxy) is 1. The second kappa shape index (κ2) is 8.41. The Bertz CT molecular complexity index is 776. The van der Waals surface area contributed by atoms with Crippen molar-refractivity contribution in [3.8, 4) is 11.5 Å². The van der Waals surface area contributed by atoms with E-state index in [4.69, 9.17) is 9.16 Å². The number of rotatable bonds is 6. The molecule has 2 aliphatic rings. The molecule has 0 aromatic heterocycles. The lowest BCUT2D eigenvalue weighted by molar-refractivity contribution is -0.0731. The van der Waals surface area contributed by atoms with E-state index in [-0.39, 0.29) is 16.9 Å². The summed E-state index contributed by atoms with van der Waals surface area (Å²) in [5.74, 6) is 2.30. The number of aliphatic hydroxyl groups is 1. The number of hydrogen-bond acceptors (Lipinski definition) is 3. The van der Waals surface area contributed by atoms with Gasteiger partial charge in [-0.3, -0.25) is 0 Å². The Hall–Kier alpha value is -1.00. The summed E-state index contributed by atoms with van der Waals surface area (Å²) in [7, 11) is -0.287. The third-order valence-corrected chi connectivity index (χ3v) is 15.2. The Kier molecular flexibility index (Phi) is 6.68. The molecule has 3 nitrogen and oxygen atoms in total. The molecular formula is C27H46O3Si. The summed E-state index contributed by atoms with van der Waals surface area (Å²) >= 11 is 0. The van der Waals surface area contributed by atoms with Gasteiger partial charge in [-0.25, -0.2) is 0 Å². The van der Waals surface area contributed by atoms with E-state index in [0.717, 1.165) is 37.2 Å². The van der Waals surface area contributed by atoms with Crippen LogP contribution in [-0.2, 0) is 11.8 Å². The third kappa shape index (κ3) is 3.76. The van der Waals surface area contributed by atoms with Crippen LogP contribution in [-0.4, -0.2) is 26.6 Å². The Labute approximate surface area is 192 Å². The van der Waals surface area contributed by atoms with Crippen LogP contribution in [0.15, 0.2) is 12.1 Å². The van der Waals surface area contributed by atoms with Crippen molar-refractivity contribution in [2.45, 2.75) is 116 Å². The van der Waals surface area contributed by atoms with E-state index in [1.807, 2.05) is 0 Å². The molecule has 31 heavy (non-hydrogen) atoms. The molecule has 1 N–H and O–H groups in total. The van der Waals surface area contributed by atoms with E-state index in [9.17, 15) is 5.11 Å². The standard InChI is InChI=1S/C27H46O3Si/c1-17(2)31(18(3)4,19(5)6)30-23-15-20-11-12-24-26(7,8)25(28)13-14-27(24,9)21(20)16-22(23)29-10/h15-19,24-25,28H,11-14H2,1-10H3/t24-,25-,27+/m0/s1. The summed E-state index contributed by atoms with van der Waals surface area (Å²) in [5.41, 5.74) is 4.41. The van der Waals surface area contributed by atoms with Crippen molar-refractivity contribution < 1.29 is 14.3 Å². The van der Waals surface area contributed by atoms with Crippen LogP contribution in [0.2, 0.25) is 16.6 Å². The average molecular weight is 447 g/mol. The van der Waals surface area contributed by atoms with Gasteiger partial charge in [-0.2, -0.15) is 0 Å². The molecule has 0 saturated heterocycles. The molecule has 3 rings (SSSR count). The third-order valence-electron chi connectivity index (χ3n) is 9.16. The Morgan fingerprint density at radius 3 is 2.03 bits per heavy atom. The summed E-state index contributed by atoms with van der Waals surface area (Å²) in [6.07, 6.45) is 3.85. The first kappa shape index (κ1) is 24.6. The second-order valence-corrected chi connectivity index (χ2v) is 17.3. The molecule has 0 amide bonds. The number of aryl methyl sites for hydroxylation is 1. The summed E-state index contributed by atoms with van der Waals surface area (Å²) in [6, 6.07) is 4.59. The Morgan fingerprint density at radius 1 is 0.935 bits per heavy atom. The maximum Gasteiger partial charge on any atom is 0.258 e. The van der Waals surface area contributed by atoms with Crippen LogP contribution in [0.4, 0.5) is 0 Å². The van der Waals surface area contributed by atoms with Crippen molar-refractivity contribution in [3.05, 3.63) is 23.3 Å². The first-order chi connectivity index (χ1) is 14.3. The van der Waals surface area contributed by atoms with E-state index < -0.39 is 8.32 Å². The summed E-state index contributed by atoms with van der Waals surface area (Å²) in [6.45, 7) is 20.9. The smallest absolute Gasteiger partial charge is 0.258 e. The lowest BCUT2D eigenvalue weighted by Gasteiger charge is -2.56. The minimum absolute atomic E-state index is 0.0674. The normalized spacial score (nSPS) is 27.9. The maximum atomic E-state index is 10.7. The fraction of sp³-hybridized carbons (Fsp3) is 0.778. The fourth-order valence-electron chi connectivity index (χ4n) is 7.47. The van der Waals surface area contributed by atoms with Crippen molar-refractivity contribution in [2.75, 3.05) is 7.11 Å². The molecule has 176 valence electrons. The number of aliphatic hydroxyl groups excluding tert-OH is 1. The second-order valence-electron chi connectivity index (χ2n) is 12.0. The number of benzene rings is 1. The van der Waals surface area contributed by atoms with Crippen LogP contribution in [0.25, 0.3) is 0 Å². The van der Waals surface area contributed by atoms with Gasteiger partial charge < -0.3 is 14.3 Å². The predicted molar refractivity (Wildman–Crippen MR) is 133 cm³/mol. The van der Waals surface area contributed by atoms with Gasteiger partial charge in [0.2, 0.25) is 0 Å². The molecule has 0 spiro atoms. The van der Waals surface area contributed by atoms with E-state index in [1.165, 1.54) is 11.1 Å². The van der Waals surface area contributed by atoms with E-state index in [0.29, 0.717) is 22.5 Å². The highest BCUT2D eigenvalue weighted by Gasteiger charge is 2.54. The number of fused-ring (bicyclic) bond motifs is 3. The topological polar surface area (TPSA) is 38.7 Å². The molecule has 1 saturated carbocycles. The van der Waals surface area contributed by atoms with Crippen LogP contribution in [0, 0.1) is 11.3 Å². The Morgan fingerprint density at radius 2 is 1.52 bits per heavy atom. The molecule has 1 fully saturated rings. The fourth-order valence-corrected chi connectivity index (χ4v) is 12.7. The van der Waals surface area contributed by atoms with Gasteiger partial charge in [-0.15, -0.1) is 0 Å². The minimum atomic E-state index is -2.06. The highest BCUT2D eigenvalue weighted by atomic mass is 28.4. The highest BCUT2D eigenvalue weighted by Crippen LogP contribution is 2.58. The van der Waals surface area contributed by atoms with Gasteiger partial charge in [-0.1, -0.05) is 62.3 Å². The molecule has 0 aliphatic heterocycles. The van der Waals surface area contributed by atoms with E-state index in [2.05, 4.69) is 74.4 Å². The van der Waals surface area contributed by atoms with Crippen LogP contribution in [0.5, 0.6) is 11.5 Å². The molecule has 0 bridgehead atoms. The monoisotopic (exact) mass is 446 g/mol. The lowest BCUT2D eigenvalue weighted by Crippen LogP contribution is -2.54. The van der Waals surface area contributed by atoms with E-state index >= 15 is 0 Å². The summed E-state index contributed by atoms with van der Waals surface area (Å²) in [5, 5.41) is 10.7. The number of hydrogen-bond donors (Lipinski definition) is 1. The van der Waals surface area contributed by atoms with Gasteiger partial charge in [0.15, 0.2) is 5.75 Å². The molecular weight excluding hydrogens is 400 g/mol. The van der Waals surface area contributed by atoms with Crippen molar-refractivity contribution in [1.82, 2.24) is 0 Å². The molecule has 1 aromatic carbocycles. The van der Waals surface area contributed by atoms with Crippen LogP contribution in [0.1, 0.15) is 92.7 Å². The van der Waals surface area contributed by atoms with Gasteiger partial charge in [0.05, 0.1) is 13.2 Å². The van der Waals surface area contributed by atoms with Crippen molar-refractivity contribution in [1.29, 1.82) is 0 Å². The van der Waals surface area contributed by atoms with Gasteiger partial charge in [-0.05, 0) is 82.3 Å². The van der Waals surface area contributed by atoms with Crippen LogP contribution >= 0.6 is 0 Å². The van der Waals surface area contributed by atoms with Gasteiger partial charge in [0, 0.05) is 0 Å². The van der Waals surface area contributed by atoms with E-state index in [1.54, 1.807) is 7.11 Å². The molecule has 0 heterocycles. The molecule has 2 aliphatic carbocycles. The quantitative estimate of drug-likeness (QED) is 0.468. The van der Waals surface area contributed by atoms with Gasteiger partial charge >= 0.3 is 0 Å². The molecule has 1 aromatic rings. The zero-order valence-electron chi connectivity index (χ0n) is 21.6. The van der Waals surface area contributed by atoms with Crippen molar-refractivity contribution in [2.24, 2.45) is 11.3 Å². The van der Waals surface area contributed by atoms with Crippen LogP contribution in [0.3, 0.4) is 0 Å². The van der Waals surface area contributed by atoms with Gasteiger partial charge in [0.1, 0.15) is 5.75 Å². The SMILES string of the molecule is COc1cc2c(cc1O[Si](C(C)C)(C(C)C)C(C)C)CC[C@H]1C(C)(C)[C@@H](O)CC[C@]21C. The molecule has 4 heteroatoms. The minimum Gasteiger partial charge on any atom is -0.540 e. The largest absolute Gasteiger partial charge is 0.540 e. The highest BCUT2D eigenvalue weighted by molar-refractivity contribution is 6.78. The zero-order chi connectivity index (χ0) is 23.4. The van der Waals surface area contributed by atoms with Crippen LogP contribution < -0.4 is 9.16 Å². The average Bonchev–Trinajstić information content (AvgIpc) is 2.67. The first-order valence-electron chi connectivity index (χ1n) is 12.4. The lowest BCUT2D eigenvalue weighted by atomic mass is 9.49. The van der Waals surface area contributed by atoms with Crippen molar-refractivity contribution >= 4 is 8.32 Å². The molecule has 0 unspecified atom stereocenters. The van der Waals surface area contributed by atoms with Gasteiger partial charge in [0.25, 0.3) is 8.32 Å². The first-order valence-corrected chi connectivity index (χ1v) is 14.5. The maximum absolute atomic E-state index is 10.7. The molecule has 3 atom stereocenters. The zero-order valence-corrected chi connectivity index (χ0v) is 22.6.